The summed E-state index contributed by atoms with van der Waals surface area (Å²) < 4.78 is 0. The van der Waals surface area contributed by atoms with Crippen LogP contribution in [-0.2, 0) is 9.59 Å². The fraction of sp³-hybridized carbons (Fsp3) is 0. The van der Waals surface area contributed by atoms with Gasteiger partial charge in [-0.15, -0.1) is 0 Å². The number of hydrogen-bond acceptors (Lipinski definition) is 4. The molecule has 0 heterocycles. The maximum Gasteiger partial charge on any atom is 0.314 e. The second-order valence-corrected chi connectivity index (χ2v) is 5.93. The topological polar surface area (TPSA) is 82.0 Å². The molecule has 2 aromatic rings. The van der Waals surface area contributed by atoms with Crippen LogP contribution >= 0.6 is 35.0 Å². The van der Waals surface area contributed by atoms with Crippen LogP contribution in [0, 0.1) is 10.7 Å². The SMILES string of the molecule is N#CSc1ccc(NC(=O)C(=O)Nc2ccc(Cl)c(Cl)c2)cc1. The summed E-state index contributed by atoms with van der Waals surface area (Å²) in [6.07, 6.45) is 0. The summed E-state index contributed by atoms with van der Waals surface area (Å²) in [5.74, 6) is -1.66. The van der Waals surface area contributed by atoms with Gasteiger partial charge in [0.2, 0.25) is 0 Å². The van der Waals surface area contributed by atoms with Crippen molar-refractivity contribution in [3.63, 3.8) is 0 Å². The van der Waals surface area contributed by atoms with E-state index in [0.29, 0.717) is 16.4 Å². The molecule has 2 amide bonds. The number of thioether (sulfide) groups is 1. The van der Waals surface area contributed by atoms with E-state index in [9.17, 15) is 9.59 Å². The van der Waals surface area contributed by atoms with E-state index >= 15 is 0 Å². The average Bonchev–Trinajstić information content (AvgIpc) is 2.53. The second-order valence-electron chi connectivity index (χ2n) is 4.25. The molecule has 5 nitrogen and oxygen atoms in total. The number of halogens is 2. The monoisotopic (exact) mass is 365 g/mol. The van der Waals surface area contributed by atoms with Gasteiger partial charge in [0.05, 0.1) is 10.0 Å². The largest absolute Gasteiger partial charge is 0.318 e. The molecule has 116 valence electrons. The van der Waals surface area contributed by atoms with Crippen molar-refractivity contribution in [2.75, 3.05) is 10.6 Å². The maximum absolute atomic E-state index is 11.8. The van der Waals surface area contributed by atoms with Crippen LogP contribution in [0.2, 0.25) is 10.0 Å². The molecule has 0 spiro atoms. The molecule has 0 aliphatic rings. The summed E-state index contributed by atoms with van der Waals surface area (Å²) in [6, 6.07) is 11.0. The van der Waals surface area contributed by atoms with Crippen molar-refractivity contribution < 1.29 is 9.59 Å². The van der Waals surface area contributed by atoms with E-state index in [4.69, 9.17) is 28.5 Å². The van der Waals surface area contributed by atoms with Gasteiger partial charge in [-0.05, 0) is 54.2 Å². The molecule has 0 unspecified atom stereocenters. The van der Waals surface area contributed by atoms with Gasteiger partial charge in [-0.2, -0.15) is 5.26 Å². The number of rotatable bonds is 3. The zero-order valence-electron chi connectivity index (χ0n) is 11.5. The summed E-state index contributed by atoms with van der Waals surface area (Å²) in [5, 5.41) is 16.0. The Balaban J connectivity index is 1.98. The van der Waals surface area contributed by atoms with Crippen molar-refractivity contribution >= 4 is 58.2 Å². The highest BCUT2D eigenvalue weighted by molar-refractivity contribution is 8.03. The van der Waals surface area contributed by atoms with Gasteiger partial charge in [0.1, 0.15) is 5.40 Å². The summed E-state index contributed by atoms with van der Waals surface area (Å²) in [4.78, 5) is 24.4. The molecule has 0 saturated heterocycles. The van der Waals surface area contributed by atoms with Crippen LogP contribution in [-0.4, -0.2) is 11.8 Å². The first-order valence-electron chi connectivity index (χ1n) is 6.23. The van der Waals surface area contributed by atoms with Crippen molar-refractivity contribution in [1.82, 2.24) is 0 Å². The van der Waals surface area contributed by atoms with E-state index in [-0.39, 0.29) is 5.02 Å². The molecule has 0 bridgehead atoms. The van der Waals surface area contributed by atoms with Crippen LogP contribution in [0.3, 0.4) is 0 Å². The third kappa shape index (κ3) is 4.89. The molecule has 0 saturated carbocycles. The molecule has 2 aromatic carbocycles. The first-order chi connectivity index (χ1) is 11.0. The lowest BCUT2D eigenvalue weighted by Gasteiger charge is -2.07. The molecule has 2 N–H and O–H groups in total. The Morgan fingerprint density at radius 3 is 2.04 bits per heavy atom. The third-order valence-electron chi connectivity index (χ3n) is 2.66. The van der Waals surface area contributed by atoms with Gasteiger partial charge in [-0.1, -0.05) is 23.2 Å². The Morgan fingerprint density at radius 2 is 1.48 bits per heavy atom. The maximum atomic E-state index is 11.8. The second kappa shape index (κ2) is 7.88. The molecule has 0 atom stereocenters. The lowest BCUT2D eigenvalue weighted by Crippen LogP contribution is -2.29. The zero-order valence-corrected chi connectivity index (χ0v) is 13.8. The highest BCUT2D eigenvalue weighted by Crippen LogP contribution is 2.25. The molecule has 0 aliphatic heterocycles. The summed E-state index contributed by atoms with van der Waals surface area (Å²) >= 11 is 12.6. The molecule has 8 heteroatoms. The van der Waals surface area contributed by atoms with Crippen LogP contribution in [0.25, 0.3) is 0 Å². The number of hydrogen-bond donors (Lipinski definition) is 2. The molecule has 23 heavy (non-hydrogen) atoms. The first kappa shape index (κ1) is 17.2. The van der Waals surface area contributed by atoms with E-state index in [0.717, 1.165) is 16.7 Å². The van der Waals surface area contributed by atoms with E-state index in [1.807, 2.05) is 5.40 Å². The smallest absolute Gasteiger partial charge is 0.314 e. The van der Waals surface area contributed by atoms with Gasteiger partial charge in [-0.25, -0.2) is 0 Å². The number of nitriles is 1. The van der Waals surface area contributed by atoms with Crippen molar-refractivity contribution in [3.8, 4) is 5.40 Å². The minimum Gasteiger partial charge on any atom is -0.318 e. The van der Waals surface area contributed by atoms with Gasteiger partial charge < -0.3 is 10.6 Å². The van der Waals surface area contributed by atoms with Crippen molar-refractivity contribution in [2.24, 2.45) is 0 Å². The van der Waals surface area contributed by atoms with Crippen LogP contribution in [0.4, 0.5) is 11.4 Å². The predicted molar refractivity (Wildman–Crippen MR) is 91.6 cm³/mol. The molecular formula is C15H9Cl2N3O2S. The normalized spacial score (nSPS) is 9.78. The highest BCUT2D eigenvalue weighted by atomic mass is 35.5. The fourth-order valence-corrected chi connectivity index (χ4v) is 2.28. The first-order valence-corrected chi connectivity index (χ1v) is 7.80. The number of benzene rings is 2. The van der Waals surface area contributed by atoms with E-state index in [2.05, 4.69) is 10.6 Å². The van der Waals surface area contributed by atoms with Gasteiger partial charge >= 0.3 is 11.8 Å². The van der Waals surface area contributed by atoms with Crippen LogP contribution < -0.4 is 10.6 Å². The molecule has 2 rings (SSSR count). The van der Waals surface area contributed by atoms with Crippen molar-refractivity contribution in [3.05, 3.63) is 52.5 Å². The molecular weight excluding hydrogens is 357 g/mol. The van der Waals surface area contributed by atoms with Crippen LogP contribution in [0.5, 0.6) is 0 Å². The quantitative estimate of drug-likeness (QED) is 0.486. The molecule has 0 aromatic heterocycles. The zero-order chi connectivity index (χ0) is 16.8. The summed E-state index contributed by atoms with van der Waals surface area (Å²) in [7, 11) is 0. The Bertz CT molecular complexity index is 788. The van der Waals surface area contributed by atoms with Crippen molar-refractivity contribution in [1.29, 1.82) is 5.26 Å². The van der Waals surface area contributed by atoms with Gasteiger partial charge in [-0.3, -0.25) is 9.59 Å². The highest BCUT2D eigenvalue weighted by Gasteiger charge is 2.14. The predicted octanol–water partition coefficient (Wildman–Crippen LogP) is 4.14. The van der Waals surface area contributed by atoms with Gasteiger partial charge in [0, 0.05) is 16.3 Å². The Hall–Kier alpha value is -2.20. The van der Waals surface area contributed by atoms with Gasteiger partial charge in [0.25, 0.3) is 0 Å². The Morgan fingerprint density at radius 1 is 0.913 bits per heavy atom. The molecule has 0 fully saturated rings. The number of nitrogens with zero attached hydrogens (tertiary/aromatic N) is 1. The minimum atomic E-state index is -0.834. The molecule has 0 radical (unpaired) electrons. The minimum absolute atomic E-state index is 0.274. The van der Waals surface area contributed by atoms with E-state index in [1.54, 1.807) is 24.3 Å². The van der Waals surface area contributed by atoms with Crippen LogP contribution in [0.15, 0.2) is 47.4 Å². The van der Waals surface area contributed by atoms with Crippen molar-refractivity contribution in [2.45, 2.75) is 4.90 Å². The average molecular weight is 366 g/mol. The van der Waals surface area contributed by atoms with E-state index < -0.39 is 11.8 Å². The standard InChI is InChI=1S/C15H9Cl2N3O2S/c16-12-6-3-10(7-13(12)17)20-15(22)14(21)19-9-1-4-11(5-2-9)23-8-18/h1-7H,(H,19,21)(H,20,22). The number of thiocyanates is 1. The summed E-state index contributed by atoms with van der Waals surface area (Å²) in [5.41, 5.74) is 0.807. The lowest BCUT2D eigenvalue weighted by molar-refractivity contribution is -0.132. The number of anilines is 2. The number of amides is 2. The Labute approximate surface area is 146 Å². The lowest BCUT2D eigenvalue weighted by atomic mass is 10.3. The Kier molecular flexibility index (Phi) is 5.88. The molecule has 0 aliphatic carbocycles. The number of nitrogens with one attached hydrogen (secondary N) is 2. The number of carbonyl (C=O) groups excluding carboxylic acids is 2. The number of carbonyl (C=O) groups is 2. The van der Waals surface area contributed by atoms with Crippen LogP contribution in [0.1, 0.15) is 0 Å². The summed E-state index contributed by atoms with van der Waals surface area (Å²) in [6.45, 7) is 0. The fourth-order valence-electron chi connectivity index (χ4n) is 1.61. The van der Waals surface area contributed by atoms with Gasteiger partial charge in [0.15, 0.2) is 0 Å². The third-order valence-corrected chi connectivity index (χ3v) is 4.00. The van der Waals surface area contributed by atoms with E-state index in [1.165, 1.54) is 18.2 Å².